The van der Waals surface area contributed by atoms with Crippen molar-refractivity contribution in [3.8, 4) is 0 Å². The minimum absolute atomic E-state index is 0.107. The monoisotopic (exact) mass is 354 g/mol. The van der Waals surface area contributed by atoms with Crippen LogP contribution in [0.25, 0.3) is 0 Å². The van der Waals surface area contributed by atoms with Crippen molar-refractivity contribution in [1.29, 1.82) is 0 Å². The molecule has 2 aromatic heterocycles. The summed E-state index contributed by atoms with van der Waals surface area (Å²) in [5.74, 6) is 0. The lowest BCUT2D eigenvalue weighted by atomic mass is 10.0. The molecule has 132 valence electrons. The lowest BCUT2D eigenvalue weighted by Crippen LogP contribution is -2.31. The third kappa shape index (κ3) is 3.06. The summed E-state index contributed by atoms with van der Waals surface area (Å²) in [5.41, 5.74) is 2.43. The zero-order valence-corrected chi connectivity index (χ0v) is 15.6. The number of hydrogen-bond acceptors (Lipinski definition) is 2. The topological polar surface area (TPSA) is 33.1 Å². The maximum atomic E-state index is 5.69. The Morgan fingerprint density at radius 2 is 2.04 bits per heavy atom. The van der Waals surface area contributed by atoms with Crippen LogP contribution in [0.2, 0.25) is 0 Å². The van der Waals surface area contributed by atoms with Crippen LogP contribution in [0.1, 0.15) is 68.5 Å². The SMILES string of the molecule is CCCN1C(=S)N[C@H](c2ccccn2)[C@@H]1c1cccn1C1CCCC1. The predicted octanol–water partition coefficient (Wildman–Crippen LogP) is 4.38. The van der Waals surface area contributed by atoms with Crippen LogP contribution >= 0.6 is 12.2 Å². The van der Waals surface area contributed by atoms with Gasteiger partial charge in [-0.2, -0.15) is 0 Å². The zero-order chi connectivity index (χ0) is 17.2. The fraction of sp³-hybridized carbons (Fsp3) is 0.500. The molecule has 1 aliphatic carbocycles. The second-order valence-electron chi connectivity index (χ2n) is 7.10. The molecule has 2 aromatic rings. The molecule has 1 saturated heterocycles. The lowest BCUT2D eigenvalue weighted by Gasteiger charge is -2.30. The molecular weight excluding hydrogens is 328 g/mol. The van der Waals surface area contributed by atoms with E-state index < -0.39 is 0 Å². The van der Waals surface area contributed by atoms with E-state index in [9.17, 15) is 0 Å². The van der Waals surface area contributed by atoms with Crippen molar-refractivity contribution in [3.05, 3.63) is 54.1 Å². The molecule has 0 spiro atoms. The van der Waals surface area contributed by atoms with Gasteiger partial charge in [0.05, 0.1) is 17.8 Å². The molecular formula is C20H26N4S. The average Bonchev–Trinajstić information content (AvgIpc) is 3.36. The van der Waals surface area contributed by atoms with E-state index in [2.05, 4.69) is 57.2 Å². The normalized spacial score (nSPS) is 24.0. The van der Waals surface area contributed by atoms with Gasteiger partial charge in [-0.3, -0.25) is 4.98 Å². The standard InChI is InChI=1S/C20H26N4S/c1-2-13-24-19(17-11-7-14-23(17)15-8-3-4-9-15)18(22-20(24)25)16-10-5-6-12-21-16/h5-7,10-12,14-15,18-19H,2-4,8-9,13H2,1H3,(H,22,25)/t18-,19+/m1/s1. The number of pyridine rings is 1. The van der Waals surface area contributed by atoms with Crippen LogP contribution in [0.4, 0.5) is 0 Å². The molecule has 25 heavy (non-hydrogen) atoms. The van der Waals surface area contributed by atoms with E-state index >= 15 is 0 Å². The van der Waals surface area contributed by atoms with Crippen molar-refractivity contribution in [2.75, 3.05) is 6.54 Å². The quantitative estimate of drug-likeness (QED) is 0.808. The summed E-state index contributed by atoms with van der Waals surface area (Å²) in [6, 6.07) is 11.5. The molecule has 1 saturated carbocycles. The van der Waals surface area contributed by atoms with Crippen molar-refractivity contribution >= 4 is 17.3 Å². The van der Waals surface area contributed by atoms with Gasteiger partial charge < -0.3 is 14.8 Å². The molecule has 0 bridgehead atoms. The van der Waals surface area contributed by atoms with Gasteiger partial charge in [0.25, 0.3) is 0 Å². The molecule has 0 aromatic carbocycles. The van der Waals surface area contributed by atoms with E-state index in [4.69, 9.17) is 12.2 Å². The van der Waals surface area contributed by atoms with E-state index in [1.54, 1.807) is 0 Å². The van der Waals surface area contributed by atoms with E-state index in [0.717, 1.165) is 23.8 Å². The molecule has 0 radical (unpaired) electrons. The summed E-state index contributed by atoms with van der Waals surface area (Å²) in [6.07, 6.45) is 10.5. The molecule has 0 unspecified atom stereocenters. The van der Waals surface area contributed by atoms with Gasteiger partial charge in [-0.1, -0.05) is 25.8 Å². The van der Waals surface area contributed by atoms with E-state index in [-0.39, 0.29) is 12.1 Å². The van der Waals surface area contributed by atoms with Gasteiger partial charge in [-0.25, -0.2) is 0 Å². The average molecular weight is 355 g/mol. The molecule has 5 heteroatoms. The summed E-state index contributed by atoms with van der Waals surface area (Å²) in [6.45, 7) is 3.18. The summed E-state index contributed by atoms with van der Waals surface area (Å²) in [7, 11) is 0. The first-order valence-corrected chi connectivity index (χ1v) is 9.85. The van der Waals surface area contributed by atoms with E-state index in [1.807, 2.05) is 12.3 Å². The second kappa shape index (κ2) is 7.16. The maximum absolute atomic E-state index is 5.69. The molecule has 1 aliphatic heterocycles. The van der Waals surface area contributed by atoms with Crippen LogP contribution in [0.5, 0.6) is 0 Å². The van der Waals surface area contributed by atoms with Gasteiger partial charge in [0.15, 0.2) is 5.11 Å². The van der Waals surface area contributed by atoms with Crippen LogP contribution < -0.4 is 5.32 Å². The van der Waals surface area contributed by atoms with Crippen molar-refractivity contribution in [3.63, 3.8) is 0 Å². The van der Waals surface area contributed by atoms with Crippen molar-refractivity contribution in [1.82, 2.24) is 19.8 Å². The van der Waals surface area contributed by atoms with Gasteiger partial charge >= 0.3 is 0 Å². The van der Waals surface area contributed by atoms with Crippen LogP contribution in [0, 0.1) is 0 Å². The first-order valence-electron chi connectivity index (χ1n) is 9.44. The highest BCUT2D eigenvalue weighted by Gasteiger charge is 2.41. The second-order valence-corrected chi connectivity index (χ2v) is 7.49. The number of hydrogen-bond donors (Lipinski definition) is 1. The Morgan fingerprint density at radius 3 is 2.76 bits per heavy atom. The largest absolute Gasteiger partial charge is 0.352 e. The van der Waals surface area contributed by atoms with E-state index in [0.29, 0.717) is 6.04 Å². The Bertz CT molecular complexity index is 720. The van der Waals surface area contributed by atoms with Crippen LogP contribution in [-0.2, 0) is 0 Å². The van der Waals surface area contributed by atoms with Gasteiger partial charge in [0.1, 0.15) is 0 Å². The molecule has 2 fully saturated rings. The molecule has 4 rings (SSSR count). The highest BCUT2D eigenvalue weighted by molar-refractivity contribution is 7.80. The molecule has 2 aliphatic rings. The highest BCUT2D eigenvalue weighted by atomic mass is 32.1. The van der Waals surface area contributed by atoms with Crippen molar-refractivity contribution in [2.45, 2.75) is 57.2 Å². The summed E-state index contributed by atoms with van der Waals surface area (Å²) >= 11 is 5.69. The number of aromatic nitrogens is 2. The molecule has 2 atom stereocenters. The fourth-order valence-electron chi connectivity index (χ4n) is 4.38. The van der Waals surface area contributed by atoms with Gasteiger partial charge in [-0.05, 0) is 55.7 Å². The number of rotatable bonds is 5. The summed E-state index contributed by atoms with van der Waals surface area (Å²) in [4.78, 5) is 6.98. The Labute approximate surface area is 155 Å². The van der Waals surface area contributed by atoms with Crippen molar-refractivity contribution in [2.24, 2.45) is 0 Å². The minimum atomic E-state index is 0.107. The highest BCUT2D eigenvalue weighted by Crippen LogP contribution is 2.41. The Balaban J connectivity index is 1.74. The van der Waals surface area contributed by atoms with Crippen LogP contribution in [0.15, 0.2) is 42.7 Å². The predicted molar refractivity (Wildman–Crippen MR) is 104 cm³/mol. The van der Waals surface area contributed by atoms with Gasteiger partial charge in [-0.15, -0.1) is 0 Å². The number of nitrogens with zero attached hydrogens (tertiary/aromatic N) is 3. The number of nitrogens with one attached hydrogen (secondary N) is 1. The van der Waals surface area contributed by atoms with Crippen LogP contribution in [-0.4, -0.2) is 26.1 Å². The Kier molecular flexibility index (Phi) is 4.75. The number of thiocarbonyl (C=S) groups is 1. The first-order chi connectivity index (χ1) is 12.3. The van der Waals surface area contributed by atoms with E-state index in [1.165, 1.54) is 31.4 Å². The Morgan fingerprint density at radius 1 is 1.20 bits per heavy atom. The third-order valence-electron chi connectivity index (χ3n) is 5.50. The smallest absolute Gasteiger partial charge is 0.170 e. The lowest BCUT2D eigenvalue weighted by molar-refractivity contribution is 0.296. The molecule has 0 amide bonds. The minimum Gasteiger partial charge on any atom is -0.352 e. The maximum Gasteiger partial charge on any atom is 0.170 e. The summed E-state index contributed by atoms with van der Waals surface area (Å²) < 4.78 is 2.51. The van der Waals surface area contributed by atoms with Crippen LogP contribution in [0.3, 0.4) is 0 Å². The molecule has 4 nitrogen and oxygen atoms in total. The zero-order valence-electron chi connectivity index (χ0n) is 14.8. The third-order valence-corrected chi connectivity index (χ3v) is 5.85. The molecule has 3 heterocycles. The van der Waals surface area contributed by atoms with Gasteiger partial charge in [0.2, 0.25) is 0 Å². The molecule has 1 N–H and O–H groups in total. The Hall–Kier alpha value is -1.88. The first kappa shape index (κ1) is 16.6. The van der Waals surface area contributed by atoms with Gasteiger partial charge in [0, 0.05) is 30.7 Å². The summed E-state index contributed by atoms with van der Waals surface area (Å²) in [5, 5.41) is 4.39. The fourth-order valence-corrected chi connectivity index (χ4v) is 4.71. The van der Waals surface area contributed by atoms with Crippen molar-refractivity contribution < 1.29 is 0 Å².